The molecule has 3 N–H and O–H groups in total. The van der Waals surface area contributed by atoms with Crippen LogP contribution in [0.1, 0.15) is 0 Å². The molecule has 2 aromatic rings. The summed E-state index contributed by atoms with van der Waals surface area (Å²) in [6.07, 6.45) is -0.488. The van der Waals surface area contributed by atoms with Gasteiger partial charge in [-0.05, 0) is 42.2 Å². The molecule has 0 spiro atoms. The van der Waals surface area contributed by atoms with Gasteiger partial charge in [0, 0.05) is 6.54 Å². The molecule has 0 aliphatic rings. The standard InChI is InChI=1S/C15H15BCl2F2N2O/c1-22-15(8-21)23-16(9-2-4-11(17)13(19)6-9)10-3-5-12(18)14(20)7-10/h2-7,15,22H,8,21H2,1H3. The average Bonchev–Trinajstić information content (AvgIpc) is 2.54. The maximum Gasteiger partial charge on any atom is 0.363 e. The van der Waals surface area contributed by atoms with Crippen LogP contribution in [-0.4, -0.2) is 26.7 Å². The van der Waals surface area contributed by atoms with Crippen molar-refractivity contribution in [1.82, 2.24) is 5.32 Å². The first-order valence-corrected chi connectivity index (χ1v) is 7.64. The SMILES string of the molecule is CNC(CN)OB(c1ccc(Cl)c(F)c1)c1ccc(Cl)c(F)c1. The Bertz CT molecular complexity index is 635. The Kier molecular flexibility index (Phi) is 6.38. The van der Waals surface area contributed by atoms with Crippen molar-refractivity contribution in [3.05, 3.63) is 58.1 Å². The number of nitrogens with two attached hydrogens (primary N) is 1. The molecule has 0 bridgehead atoms. The minimum atomic E-state index is -0.727. The predicted octanol–water partition coefficient (Wildman–Crippen LogP) is 1.90. The van der Waals surface area contributed by atoms with Gasteiger partial charge in [0.2, 0.25) is 0 Å². The van der Waals surface area contributed by atoms with Crippen molar-refractivity contribution in [3.8, 4) is 0 Å². The molecular weight excluding hydrogens is 344 g/mol. The third kappa shape index (κ3) is 4.43. The van der Waals surface area contributed by atoms with Crippen LogP contribution < -0.4 is 22.0 Å². The number of nitrogens with one attached hydrogen (secondary N) is 1. The monoisotopic (exact) mass is 358 g/mol. The summed E-state index contributed by atoms with van der Waals surface area (Å²) in [5.41, 5.74) is 6.59. The molecule has 2 rings (SSSR count). The summed E-state index contributed by atoms with van der Waals surface area (Å²) in [6, 6.07) is 8.58. The van der Waals surface area contributed by atoms with Gasteiger partial charge in [-0.15, -0.1) is 0 Å². The Balaban J connectivity index is 2.45. The van der Waals surface area contributed by atoms with Crippen LogP contribution in [0.4, 0.5) is 8.78 Å². The first-order valence-electron chi connectivity index (χ1n) is 6.89. The van der Waals surface area contributed by atoms with Crippen LogP contribution in [0, 0.1) is 11.6 Å². The van der Waals surface area contributed by atoms with E-state index >= 15 is 0 Å². The van der Waals surface area contributed by atoms with Gasteiger partial charge in [-0.25, -0.2) is 8.78 Å². The molecule has 0 amide bonds. The summed E-state index contributed by atoms with van der Waals surface area (Å²) in [5.74, 6) is -1.16. The van der Waals surface area contributed by atoms with Crippen LogP contribution in [0.2, 0.25) is 10.0 Å². The van der Waals surface area contributed by atoms with Gasteiger partial charge in [0.15, 0.2) is 0 Å². The van der Waals surface area contributed by atoms with Gasteiger partial charge in [-0.3, -0.25) is 5.32 Å². The van der Waals surface area contributed by atoms with Crippen molar-refractivity contribution in [2.24, 2.45) is 5.73 Å². The lowest BCUT2D eigenvalue weighted by Gasteiger charge is -2.22. The fraction of sp³-hybridized carbons (Fsp3) is 0.200. The van der Waals surface area contributed by atoms with Crippen LogP contribution in [0.3, 0.4) is 0 Å². The lowest BCUT2D eigenvalue weighted by atomic mass is 9.55. The van der Waals surface area contributed by atoms with Crippen LogP contribution in [0.5, 0.6) is 0 Å². The zero-order valence-electron chi connectivity index (χ0n) is 12.3. The highest BCUT2D eigenvalue weighted by atomic mass is 35.5. The summed E-state index contributed by atoms with van der Waals surface area (Å²) < 4.78 is 33.4. The molecule has 0 saturated carbocycles. The van der Waals surface area contributed by atoms with E-state index in [-0.39, 0.29) is 16.6 Å². The summed E-state index contributed by atoms with van der Waals surface area (Å²) in [5, 5.41) is 2.88. The summed E-state index contributed by atoms with van der Waals surface area (Å²) >= 11 is 11.4. The van der Waals surface area contributed by atoms with E-state index in [1.165, 1.54) is 24.3 Å². The third-order valence-corrected chi connectivity index (χ3v) is 3.94. The first kappa shape index (κ1) is 18.2. The van der Waals surface area contributed by atoms with E-state index in [2.05, 4.69) is 5.32 Å². The lowest BCUT2D eigenvalue weighted by Crippen LogP contribution is -2.52. The Labute approximate surface area is 143 Å². The Hall–Kier alpha value is -1.18. The van der Waals surface area contributed by atoms with Gasteiger partial charge in [-0.2, -0.15) is 0 Å². The first-order chi connectivity index (χ1) is 11.0. The van der Waals surface area contributed by atoms with E-state index in [0.717, 1.165) is 0 Å². The molecule has 3 nitrogen and oxygen atoms in total. The molecule has 23 heavy (non-hydrogen) atoms. The number of rotatable bonds is 6. The second-order valence-electron chi connectivity index (χ2n) is 4.88. The summed E-state index contributed by atoms with van der Waals surface area (Å²) in [4.78, 5) is 0. The molecule has 2 aromatic carbocycles. The summed E-state index contributed by atoms with van der Waals surface area (Å²) in [7, 11) is 1.68. The van der Waals surface area contributed by atoms with E-state index < -0.39 is 24.8 Å². The lowest BCUT2D eigenvalue weighted by molar-refractivity contribution is 0.189. The Morgan fingerprint density at radius 3 is 1.91 bits per heavy atom. The summed E-state index contributed by atoms with van der Waals surface area (Å²) in [6.45, 7) is -0.534. The maximum atomic E-state index is 13.8. The van der Waals surface area contributed by atoms with Crippen molar-refractivity contribution in [2.75, 3.05) is 13.6 Å². The van der Waals surface area contributed by atoms with Gasteiger partial charge in [-0.1, -0.05) is 35.3 Å². The number of hydrogen-bond acceptors (Lipinski definition) is 3. The second-order valence-corrected chi connectivity index (χ2v) is 5.69. The quantitative estimate of drug-likeness (QED) is 0.612. The molecule has 0 radical (unpaired) electrons. The zero-order valence-corrected chi connectivity index (χ0v) is 13.8. The van der Waals surface area contributed by atoms with E-state index in [9.17, 15) is 8.78 Å². The van der Waals surface area contributed by atoms with Crippen molar-refractivity contribution in [1.29, 1.82) is 0 Å². The van der Waals surface area contributed by atoms with Crippen molar-refractivity contribution in [2.45, 2.75) is 6.23 Å². The van der Waals surface area contributed by atoms with Gasteiger partial charge in [0.05, 0.1) is 10.0 Å². The van der Waals surface area contributed by atoms with Crippen LogP contribution >= 0.6 is 23.2 Å². The minimum absolute atomic E-state index is 0.00113. The molecule has 8 heteroatoms. The number of halogens is 4. The van der Waals surface area contributed by atoms with E-state index in [1.807, 2.05) is 0 Å². The van der Waals surface area contributed by atoms with Crippen LogP contribution in [0.15, 0.2) is 36.4 Å². The fourth-order valence-corrected chi connectivity index (χ4v) is 2.34. The van der Waals surface area contributed by atoms with Gasteiger partial charge >= 0.3 is 6.92 Å². The molecule has 0 aliphatic carbocycles. The zero-order chi connectivity index (χ0) is 17.0. The average molecular weight is 359 g/mol. The maximum absolute atomic E-state index is 13.8. The van der Waals surface area contributed by atoms with E-state index in [4.69, 9.17) is 33.6 Å². The van der Waals surface area contributed by atoms with Crippen LogP contribution in [-0.2, 0) is 4.65 Å². The molecule has 0 heterocycles. The van der Waals surface area contributed by atoms with Gasteiger partial charge in [0.25, 0.3) is 0 Å². The van der Waals surface area contributed by atoms with E-state index in [1.54, 1.807) is 19.2 Å². The molecule has 122 valence electrons. The number of benzene rings is 2. The van der Waals surface area contributed by atoms with Gasteiger partial charge in [0.1, 0.15) is 17.9 Å². The predicted molar refractivity (Wildman–Crippen MR) is 90.8 cm³/mol. The highest BCUT2D eigenvalue weighted by molar-refractivity contribution is 6.80. The molecule has 0 aliphatic heterocycles. The highest BCUT2D eigenvalue weighted by Gasteiger charge is 2.26. The second kappa shape index (κ2) is 8.08. The molecule has 1 unspecified atom stereocenters. The molecule has 0 saturated heterocycles. The smallest absolute Gasteiger partial charge is 0.363 e. The molecule has 0 aromatic heterocycles. The van der Waals surface area contributed by atoms with E-state index in [0.29, 0.717) is 10.9 Å². The third-order valence-electron chi connectivity index (χ3n) is 3.33. The Morgan fingerprint density at radius 1 is 1.09 bits per heavy atom. The van der Waals surface area contributed by atoms with Gasteiger partial charge < -0.3 is 10.4 Å². The largest absolute Gasteiger partial charge is 0.410 e. The van der Waals surface area contributed by atoms with Crippen molar-refractivity contribution >= 4 is 41.0 Å². The normalized spacial score (nSPS) is 12.3. The minimum Gasteiger partial charge on any atom is -0.410 e. The Morgan fingerprint density at radius 2 is 1.57 bits per heavy atom. The fourth-order valence-electron chi connectivity index (χ4n) is 2.11. The van der Waals surface area contributed by atoms with Crippen molar-refractivity contribution < 1.29 is 13.4 Å². The topological polar surface area (TPSA) is 47.3 Å². The van der Waals surface area contributed by atoms with Crippen molar-refractivity contribution in [3.63, 3.8) is 0 Å². The molecular formula is C15H15BCl2F2N2O. The molecule has 0 fully saturated rings. The number of hydrogen-bond donors (Lipinski definition) is 2. The van der Waals surface area contributed by atoms with Crippen LogP contribution in [0.25, 0.3) is 0 Å². The highest BCUT2D eigenvalue weighted by Crippen LogP contribution is 2.14. The number of likely N-dealkylation sites (N-methyl/N-ethyl adjacent to an activating group) is 1. The molecule has 1 atom stereocenters.